The van der Waals surface area contributed by atoms with Gasteiger partial charge < -0.3 is 9.64 Å². The molecule has 1 unspecified atom stereocenters. The minimum absolute atomic E-state index is 0.0693. The van der Waals surface area contributed by atoms with E-state index in [-0.39, 0.29) is 11.9 Å². The van der Waals surface area contributed by atoms with Crippen molar-refractivity contribution in [2.75, 3.05) is 13.7 Å². The predicted octanol–water partition coefficient (Wildman–Crippen LogP) is 5.35. The molecule has 0 fully saturated rings. The van der Waals surface area contributed by atoms with Crippen molar-refractivity contribution in [2.24, 2.45) is 0 Å². The predicted molar refractivity (Wildman–Crippen MR) is 110 cm³/mol. The Hall–Kier alpha value is -2.50. The van der Waals surface area contributed by atoms with Crippen molar-refractivity contribution in [2.45, 2.75) is 19.4 Å². The molecule has 1 N–H and O–H groups in total. The van der Waals surface area contributed by atoms with Crippen LogP contribution in [0.25, 0.3) is 11.3 Å². The van der Waals surface area contributed by atoms with Crippen LogP contribution in [0.3, 0.4) is 0 Å². The number of carbonyl (C=O) groups excluding carboxylic acids is 1. The minimum atomic E-state index is -0.317. The van der Waals surface area contributed by atoms with Crippen molar-refractivity contribution in [1.82, 2.24) is 15.1 Å². The summed E-state index contributed by atoms with van der Waals surface area (Å²) in [7, 11) is 1.63. The molecule has 0 spiro atoms. The Morgan fingerprint density at radius 1 is 1.18 bits per heavy atom. The summed E-state index contributed by atoms with van der Waals surface area (Å²) >= 11 is 12.6. The number of nitrogens with zero attached hydrogens (tertiary/aromatic N) is 2. The molecule has 5 nitrogen and oxygen atoms in total. The second-order valence-electron chi connectivity index (χ2n) is 6.66. The number of methoxy groups -OCH3 is 1. The van der Waals surface area contributed by atoms with Crippen molar-refractivity contribution in [3.63, 3.8) is 0 Å². The number of ether oxygens (including phenoxy) is 1. The highest BCUT2D eigenvalue weighted by molar-refractivity contribution is 6.35. The monoisotopic (exact) mass is 415 g/mol. The van der Waals surface area contributed by atoms with Crippen molar-refractivity contribution in [3.05, 3.63) is 69.3 Å². The zero-order valence-electron chi connectivity index (χ0n) is 15.5. The van der Waals surface area contributed by atoms with Gasteiger partial charge in [-0.25, -0.2) is 0 Å². The Labute approximate surface area is 173 Å². The van der Waals surface area contributed by atoms with E-state index >= 15 is 0 Å². The van der Waals surface area contributed by atoms with Crippen LogP contribution in [0, 0.1) is 0 Å². The molecular weight excluding hydrogens is 397 g/mol. The third-order valence-corrected chi connectivity index (χ3v) is 5.51. The van der Waals surface area contributed by atoms with E-state index in [1.54, 1.807) is 19.2 Å². The maximum Gasteiger partial charge on any atom is 0.273 e. The van der Waals surface area contributed by atoms with Gasteiger partial charge in [-0.05, 0) is 48.4 Å². The maximum atomic E-state index is 13.1. The highest BCUT2D eigenvalue weighted by atomic mass is 35.5. The summed E-state index contributed by atoms with van der Waals surface area (Å²) in [4.78, 5) is 14.9. The molecule has 1 aliphatic heterocycles. The van der Waals surface area contributed by atoms with Crippen LogP contribution in [0.2, 0.25) is 10.0 Å². The standard InChI is InChI=1S/C21H19Cl2N3O2/c1-3-10-26-20(15-9-6-13(22)11-16(15)23)17-18(24-25-19(17)21(26)27)12-4-7-14(28-2)8-5-12/h4-9,11,20H,3,10H2,1-2H3,(H,24,25). The molecule has 0 bridgehead atoms. The molecule has 3 aromatic rings. The lowest BCUT2D eigenvalue weighted by Crippen LogP contribution is -2.30. The molecule has 1 atom stereocenters. The smallest absolute Gasteiger partial charge is 0.273 e. The van der Waals surface area contributed by atoms with Crippen molar-refractivity contribution in [3.8, 4) is 17.0 Å². The van der Waals surface area contributed by atoms with Gasteiger partial charge in [-0.2, -0.15) is 5.10 Å². The van der Waals surface area contributed by atoms with Crippen LogP contribution in [0.15, 0.2) is 42.5 Å². The first-order valence-corrected chi connectivity index (χ1v) is 9.79. The zero-order valence-corrected chi connectivity index (χ0v) is 17.0. The largest absolute Gasteiger partial charge is 0.497 e. The number of aromatic amines is 1. The Balaban J connectivity index is 1.88. The number of rotatable bonds is 5. The van der Waals surface area contributed by atoms with Gasteiger partial charge in [0.1, 0.15) is 11.4 Å². The molecule has 144 valence electrons. The van der Waals surface area contributed by atoms with Crippen molar-refractivity contribution >= 4 is 29.1 Å². The van der Waals surface area contributed by atoms with E-state index in [1.165, 1.54) is 0 Å². The number of benzene rings is 2. The van der Waals surface area contributed by atoms with Gasteiger partial charge in [0.2, 0.25) is 0 Å². The van der Waals surface area contributed by atoms with Gasteiger partial charge in [0.05, 0.1) is 18.8 Å². The topological polar surface area (TPSA) is 58.2 Å². The third-order valence-electron chi connectivity index (χ3n) is 4.95. The molecule has 4 rings (SSSR count). The number of halogens is 2. The highest BCUT2D eigenvalue weighted by Gasteiger charge is 2.42. The van der Waals surface area contributed by atoms with Crippen LogP contribution in [0.1, 0.15) is 41.0 Å². The summed E-state index contributed by atoms with van der Waals surface area (Å²) in [6.07, 6.45) is 0.836. The number of carbonyl (C=O) groups is 1. The molecule has 28 heavy (non-hydrogen) atoms. The molecule has 1 aliphatic rings. The number of fused-ring (bicyclic) bond motifs is 1. The molecule has 1 amide bonds. The quantitative estimate of drug-likeness (QED) is 0.610. The van der Waals surface area contributed by atoms with Crippen molar-refractivity contribution in [1.29, 1.82) is 0 Å². The van der Waals surface area contributed by atoms with Crippen LogP contribution >= 0.6 is 23.2 Å². The second kappa shape index (κ2) is 7.49. The lowest BCUT2D eigenvalue weighted by atomic mass is 9.96. The summed E-state index contributed by atoms with van der Waals surface area (Å²) in [5.41, 5.74) is 3.83. The summed E-state index contributed by atoms with van der Waals surface area (Å²) in [5.74, 6) is 0.692. The average Bonchev–Trinajstić information content (AvgIpc) is 3.23. The van der Waals surface area contributed by atoms with E-state index in [9.17, 15) is 4.79 Å². The molecule has 7 heteroatoms. The van der Waals surface area contributed by atoms with Crippen LogP contribution in [-0.4, -0.2) is 34.7 Å². The fourth-order valence-electron chi connectivity index (χ4n) is 3.68. The number of nitrogens with one attached hydrogen (secondary N) is 1. The first-order chi connectivity index (χ1) is 13.5. The van der Waals surface area contributed by atoms with E-state index in [2.05, 4.69) is 10.2 Å². The van der Waals surface area contributed by atoms with Gasteiger partial charge >= 0.3 is 0 Å². The fraction of sp³-hybridized carbons (Fsp3) is 0.238. The molecule has 2 aromatic carbocycles. The molecule has 0 radical (unpaired) electrons. The Morgan fingerprint density at radius 3 is 2.57 bits per heavy atom. The van der Waals surface area contributed by atoms with Gasteiger partial charge in [0, 0.05) is 27.7 Å². The number of hydrogen-bond donors (Lipinski definition) is 1. The van der Waals surface area contributed by atoms with Crippen LogP contribution < -0.4 is 4.74 Å². The molecule has 1 aromatic heterocycles. The van der Waals surface area contributed by atoms with Crippen LogP contribution in [-0.2, 0) is 0 Å². The highest BCUT2D eigenvalue weighted by Crippen LogP contribution is 2.45. The van der Waals surface area contributed by atoms with E-state index < -0.39 is 0 Å². The Kier molecular flexibility index (Phi) is 5.04. The number of H-pyrrole nitrogens is 1. The SMILES string of the molecule is CCCN1C(=O)c2[nH]nc(-c3ccc(OC)cc3)c2C1c1ccc(Cl)cc1Cl. The van der Waals surface area contributed by atoms with E-state index in [0.717, 1.165) is 34.6 Å². The van der Waals surface area contributed by atoms with Gasteiger partial charge in [0.15, 0.2) is 0 Å². The van der Waals surface area contributed by atoms with Crippen molar-refractivity contribution < 1.29 is 9.53 Å². The zero-order chi connectivity index (χ0) is 19.8. The van der Waals surface area contributed by atoms with Crippen LogP contribution in [0.5, 0.6) is 5.75 Å². The van der Waals surface area contributed by atoms with Gasteiger partial charge in [0.25, 0.3) is 5.91 Å². The normalized spacial score (nSPS) is 15.8. The molecule has 0 saturated carbocycles. The summed E-state index contributed by atoms with van der Waals surface area (Å²) in [6, 6.07) is 12.7. The fourth-order valence-corrected chi connectivity index (χ4v) is 4.20. The van der Waals surface area contributed by atoms with Crippen LogP contribution in [0.4, 0.5) is 0 Å². The van der Waals surface area contributed by atoms with E-state index in [4.69, 9.17) is 27.9 Å². The Bertz CT molecular complexity index is 1030. The maximum absolute atomic E-state index is 13.1. The minimum Gasteiger partial charge on any atom is -0.497 e. The number of hydrogen-bond acceptors (Lipinski definition) is 3. The lowest BCUT2D eigenvalue weighted by Gasteiger charge is -2.26. The number of aromatic nitrogens is 2. The third kappa shape index (κ3) is 3.05. The lowest BCUT2D eigenvalue weighted by molar-refractivity contribution is 0.0744. The van der Waals surface area contributed by atoms with Gasteiger partial charge in [-0.1, -0.05) is 36.2 Å². The number of amides is 1. The molecule has 0 aliphatic carbocycles. The van der Waals surface area contributed by atoms with Gasteiger partial charge in [-0.3, -0.25) is 9.89 Å². The molecular formula is C21H19Cl2N3O2. The molecule has 0 saturated heterocycles. The van der Waals surface area contributed by atoms with Gasteiger partial charge in [-0.15, -0.1) is 0 Å². The summed E-state index contributed by atoms with van der Waals surface area (Å²) in [6.45, 7) is 2.66. The Morgan fingerprint density at radius 2 is 1.93 bits per heavy atom. The van der Waals surface area contributed by atoms with E-state index in [0.29, 0.717) is 22.3 Å². The molecule has 2 heterocycles. The summed E-state index contributed by atoms with van der Waals surface area (Å²) < 4.78 is 5.24. The first kappa shape index (κ1) is 18.8. The summed E-state index contributed by atoms with van der Waals surface area (Å²) in [5, 5.41) is 8.48. The van der Waals surface area contributed by atoms with E-state index in [1.807, 2.05) is 42.2 Å². The first-order valence-electron chi connectivity index (χ1n) is 9.03. The average molecular weight is 416 g/mol. The second-order valence-corrected chi connectivity index (χ2v) is 7.50.